The molecule has 11 aromatic carbocycles. The van der Waals surface area contributed by atoms with E-state index in [0.717, 1.165) is 17.1 Å². The lowest BCUT2D eigenvalue weighted by atomic mass is 9.82. The number of hydrogen-bond donors (Lipinski definition) is 0. The van der Waals surface area contributed by atoms with E-state index in [4.69, 9.17) is 0 Å². The summed E-state index contributed by atoms with van der Waals surface area (Å²) in [6.45, 7) is 20.7. The Labute approximate surface area is 425 Å². The third-order valence-corrected chi connectivity index (χ3v) is 15.2. The van der Waals surface area contributed by atoms with Gasteiger partial charge in [0.05, 0.1) is 28.1 Å². The first kappa shape index (κ1) is 45.2. The van der Waals surface area contributed by atoms with E-state index < -0.39 is 0 Å². The van der Waals surface area contributed by atoms with Gasteiger partial charge in [0.15, 0.2) is 0 Å². The number of aromatic nitrogens is 1. The number of benzene rings is 11. The Kier molecular flexibility index (Phi) is 10.6. The molecule has 0 aliphatic rings. The van der Waals surface area contributed by atoms with Crippen molar-refractivity contribution < 1.29 is 0 Å². The summed E-state index contributed by atoms with van der Waals surface area (Å²) in [6.07, 6.45) is 0. The number of fused-ring (bicyclic) bond motifs is 3. The van der Waals surface area contributed by atoms with Crippen molar-refractivity contribution in [1.29, 1.82) is 0 Å². The normalized spacial score (nSPS) is 12.5. The maximum absolute atomic E-state index is 2.52. The monoisotopic (exact) mass is 930 g/mol. The first-order valence-corrected chi connectivity index (χ1v) is 25.7. The van der Waals surface area contributed by atoms with Gasteiger partial charge in [-0.05, 0) is 131 Å². The minimum Gasteiger partial charge on any atom is -0.309 e. The zero-order valence-electron chi connectivity index (χ0n) is 43.1. The van der Waals surface area contributed by atoms with Gasteiger partial charge in [0.2, 0.25) is 0 Å². The van der Waals surface area contributed by atoms with Crippen LogP contribution in [0.5, 0.6) is 0 Å². The summed E-state index contributed by atoms with van der Waals surface area (Å²) >= 11 is 0. The van der Waals surface area contributed by atoms with E-state index in [1.807, 2.05) is 0 Å². The van der Waals surface area contributed by atoms with E-state index in [-0.39, 0.29) is 16.2 Å². The smallest absolute Gasteiger partial charge is 0.0541 e. The first-order chi connectivity index (χ1) is 34.6. The van der Waals surface area contributed by atoms with Crippen LogP contribution in [-0.4, -0.2) is 4.57 Å². The van der Waals surface area contributed by atoms with Crippen LogP contribution in [0, 0.1) is 0 Å². The fourth-order valence-electron chi connectivity index (χ4n) is 11.2. The average Bonchev–Trinajstić information content (AvgIpc) is 3.72. The molecule has 2 heteroatoms. The second-order valence-electron chi connectivity index (χ2n) is 23.1. The number of hydrogen-bond acceptors (Lipinski definition) is 1. The molecule has 2 nitrogen and oxygen atoms in total. The molecule has 72 heavy (non-hydrogen) atoms. The molecular weight excluding hydrogens is 869 g/mol. The molecule has 0 radical (unpaired) electrons. The van der Waals surface area contributed by atoms with Gasteiger partial charge in [-0.3, -0.25) is 0 Å². The van der Waals surface area contributed by atoms with Crippen molar-refractivity contribution in [3.8, 4) is 39.1 Å². The fourth-order valence-corrected chi connectivity index (χ4v) is 11.2. The Morgan fingerprint density at radius 3 is 1.46 bits per heavy atom. The van der Waals surface area contributed by atoms with Crippen molar-refractivity contribution in [2.45, 2.75) is 78.6 Å². The lowest BCUT2D eigenvalue weighted by Gasteiger charge is -2.30. The lowest BCUT2D eigenvalue weighted by molar-refractivity contribution is 0.590. The van der Waals surface area contributed by atoms with Gasteiger partial charge in [0, 0.05) is 32.8 Å². The highest BCUT2D eigenvalue weighted by Gasteiger charge is 2.25. The highest BCUT2D eigenvalue weighted by molar-refractivity contribution is 6.27. The molecule has 0 saturated carbocycles. The van der Waals surface area contributed by atoms with Crippen molar-refractivity contribution >= 4 is 71.2 Å². The summed E-state index contributed by atoms with van der Waals surface area (Å²) in [6, 6.07) is 80.2. The van der Waals surface area contributed by atoms with Crippen LogP contribution in [0.2, 0.25) is 0 Å². The Balaban J connectivity index is 1.09. The van der Waals surface area contributed by atoms with E-state index in [9.17, 15) is 0 Å². The molecule has 0 N–H and O–H groups in total. The fraction of sp³-hybridized carbons (Fsp3) is 0.171. The minimum absolute atomic E-state index is 0.0493. The van der Waals surface area contributed by atoms with Crippen molar-refractivity contribution in [2.75, 3.05) is 4.90 Å². The van der Waals surface area contributed by atoms with Gasteiger partial charge >= 0.3 is 0 Å². The largest absolute Gasteiger partial charge is 0.309 e. The van der Waals surface area contributed by atoms with Gasteiger partial charge in [-0.25, -0.2) is 0 Å². The van der Waals surface area contributed by atoms with Gasteiger partial charge in [-0.1, -0.05) is 226 Å². The van der Waals surface area contributed by atoms with E-state index in [0.29, 0.717) is 0 Å². The third-order valence-electron chi connectivity index (χ3n) is 15.2. The predicted molar refractivity (Wildman–Crippen MR) is 312 cm³/mol. The molecule has 0 aliphatic heterocycles. The zero-order chi connectivity index (χ0) is 49.7. The van der Waals surface area contributed by atoms with Crippen LogP contribution in [0.4, 0.5) is 17.1 Å². The molecular formula is C70H62N2. The SMILES string of the molecule is CC(C)(C)c1ccc(-c2cc(-c3cccc(N(c4ccccc4-c4ccc(C(C)(C)C)cc4)c4ccc5ccc6c(-n7c8ccccc8c8ccccc87)ccc7ccc4c5c76)c3)cc(C(C)(C)C)c2)cc1. The van der Waals surface area contributed by atoms with Gasteiger partial charge in [-0.2, -0.15) is 0 Å². The van der Waals surface area contributed by atoms with Crippen molar-refractivity contribution in [3.05, 3.63) is 229 Å². The topological polar surface area (TPSA) is 8.17 Å². The second kappa shape index (κ2) is 16.8. The highest BCUT2D eigenvalue weighted by atomic mass is 15.1. The Morgan fingerprint density at radius 2 is 0.833 bits per heavy atom. The Morgan fingerprint density at radius 1 is 0.319 bits per heavy atom. The maximum atomic E-state index is 2.52. The van der Waals surface area contributed by atoms with Crippen LogP contribution in [0.1, 0.15) is 79.0 Å². The van der Waals surface area contributed by atoms with E-state index in [2.05, 4.69) is 284 Å². The zero-order valence-corrected chi connectivity index (χ0v) is 43.1. The van der Waals surface area contributed by atoms with Crippen molar-refractivity contribution in [2.24, 2.45) is 0 Å². The Hall–Kier alpha value is -7.94. The highest BCUT2D eigenvalue weighted by Crippen LogP contribution is 2.49. The maximum Gasteiger partial charge on any atom is 0.0541 e. The molecule has 12 aromatic rings. The van der Waals surface area contributed by atoms with Gasteiger partial charge in [0.1, 0.15) is 0 Å². The molecule has 0 atom stereocenters. The van der Waals surface area contributed by atoms with Gasteiger partial charge < -0.3 is 9.47 Å². The lowest BCUT2D eigenvalue weighted by Crippen LogP contribution is -2.13. The molecule has 0 unspecified atom stereocenters. The number of para-hydroxylation sites is 3. The summed E-state index contributed by atoms with van der Waals surface area (Å²) in [7, 11) is 0. The molecule has 352 valence electrons. The van der Waals surface area contributed by atoms with Crippen LogP contribution < -0.4 is 4.90 Å². The third kappa shape index (κ3) is 7.73. The van der Waals surface area contributed by atoms with E-state index in [1.54, 1.807) is 0 Å². The van der Waals surface area contributed by atoms with Crippen LogP contribution in [0.15, 0.2) is 212 Å². The summed E-state index contributed by atoms with van der Waals surface area (Å²) in [5.41, 5.74) is 18.3. The van der Waals surface area contributed by atoms with E-state index >= 15 is 0 Å². The first-order valence-electron chi connectivity index (χ1n) is 25.7. The predicted octanol–water partition coefficient (Wildman–Crippen LogP) is 20.0. The average molecular weight is 931 g/mol. The summed E-state index contributed by atoms with van der Waals surface area (Å²) in [5, 5.41) is 10.0. The summed E-state index contributed by atoms with van der Waals surface area (Å²) in [4.78, 5) is 2.52. The molecule has 0 bridgehead atoms. The quantitative estimate of drug-likeness (QED) is 0.145. The summed E-state index contributed by atoms with van der Waals surface area (Å²) in [5.74, 6) is 0. The van der Waals surface area contributed by atoms with E-state index in [1.165, 1.54) is 110 Å². The minimum atomic E-state index is -0.0512. The molecule has 0 saturated heterocycles. The summed E-state index contributed by atoms with van der Waals surface area (Å²) < 4.78 is 2.47. The second-order valence-corrected chi connectivity index (χ2v) is 23.1. The van der Waals surface area contributed by atoms with Gasteiger partial charge in [-0.15, -0.1) is 0 Å². The molecule has 0 spiro atoms. The van der Waals surface area contributed by atoms with Crippen molar-refractivity contribution in [1.82, 2.24) is 4.57 Å². The molecule has 0 amide bonds. The number of rotatable bonds is 7. The van der Waals surface area contributed by atoms with Gasteiger partial charge in [0.25, 0.3) is 0 Å². The van der Waals surface area contributed by atoms with Crippen LogP contribution in [0.25, 0.3) is 93.2 Å². The van der Waals surface area contributed by atoms with Crippen molar-refractivity contribution in [3.63, 3.8) is 0 Å². The standard InChI is InChI=1S/C70H62N2/c1-68(2,3)52-33-25-45(26-34-52)50-41-51(43-54(42-50)70(7,8)9)49-17-16-18-55(44-49)71(61-22-13-10-19-56(61)46-27-35-53(36-28-46)69(4,5)6)64-39-31-47-30-38-60-65(40-32-48-29-37-59(64)66(47)67(48)60)72-62-23-14-11-20-57(62)58-21-12-15-24-63(58)72/h10-44H,1-9H3. The molecule has 12 rings (SSSR count). The molecule has 1 aromatic heterocycles. The van der Waals surface area contributed by atoms with Crippen LogP contribution in [-0.2, 0) is 16.2 Å². The van der Waals surface area contributed by atoms with Crippen LogP contribution >= 0.6 is 0 Å². The molecule has 1 heterocycles. The number of anilines is 3. The molecule has 0 fully saturated rings. The molecule has 0 aliphatic carbocycles. The number of nitrogens with zero attached hydrogens (tertiary/aromatic N) is 2. The van der Waals surface area contributed by atoms with Crippen LogP contribution in [0.3, 0.4) is 0 Å². The Bertz CT molecular complexity index is 3960.